The summed E-state index contributed by atoms with van der Waals surface area (Å²) in [5, 5.41) is 6.18. The van der Waals surface area contributed by atoms with Crippen molar-refractivity contribution in [3.05, 3.63) is 29.8 Å². The highest BCUT2D eigenvalue weighted by molar-refractivity contribution is 14.0. The SMILES string of the molecule is CCNC(=NCCCOCC1CCOCC1)NCCOc1ccccc1C(F)(F)F.I. The molecule has 0 atom stereocenters. The largest absolute Gasteiger partial charge is 0.491 e. The molecule has 0 spiro atoms. The van der Waals surface area contributed by atoms with Gasteiger partial charge in [-0.05, 0) is 44.2 Å². The van der Waals surface area contributed by atoms with Crippen molar-refractivity contribution in [3.63, 3.8) is 0 Å². The smallest absolute Gasteiger partial charge is 0.419 e. The monoisotopic (exact) mass is 559 g/mol. The van der Waals surface area contributed by atoms with Crippen LogP contribution in [0, 0.1) is 5.92 Å². The number of nitrogens with zero attached hydrogens (tertiary/aromatic N) is 1. The van der Waals surface area contributed by atoms with E-state index in [1.807, 2.05) is 6.92 Å². The molecular formula is C21H33F3IN3O3. The fraction of sp³-hybridized carbons (Fsp3) is 0.667. The van der Waals surface area contributed by atoms with Gasteiger partial charge in [-0.3, -0.25) is 4.99 Å². The molecule has 1 aliphatic rings. The number of para-hydroxylation sites is 1. The van der Waals surface area contributed by atoms with Crippen LogP contribution < -0.4 is 15.4 Å². The van der Waals surface area contributed by atoms with Crippen molar-refractivity contribution in [2.24, 2.45) is 10.9 Å². The van der Waals surface area contributed by atoms with Gasteiger partial charge in [0.25, 0.3) is 0 Å². The van der Waals surface area contributed by atoms with Crippen molar-refractivity contribution >= 4 is 29.9 Å². The number of benzene rings is 1. The number of hydrogen-bond acceptors (Lipinski definition) is 4. The molecule has 6 nitrogen and oxygen atoms in total. The van der Waals surface area contributed by atoms with Gasteiger partial charge in [0, 0.05) is 39.5 Å². The average molecular weight is 559 g/mol. The first-order valence-electron chi connectivity index (χ1n) is 10.5. The van der Waals surface area contributed by atoms with Crippen molar-refractivity contribution in [3.8, 4) is 5.75 Å². The van der Waals surface area contributed by atoms with Crippen LogP contribution in [0.4, 0.5) is 13.2 Å². The second-order valence-electron chi connectivity index (χ2n) is 7.01. The van der Waals surface area contributed by atoms with Gasteiger partial charge in [-0.15, -0.1) is 24.0 Å². The molecule has 31 heavy (non-hydrogen) atoms. The molecule has 2 N–H and O–H groups in total. The summed E-state index contributed by atoms with van der Waals surface area (Å²) in [6, 6.07) is 5.20. The molecule has 0 saturated carbocycles. The third-order valence-electron chi connectivity index (χ3n) is 4.60. The van der Waals surface area contributed by atoms with Crippen LogP contribution in [0.3, 0.4) is 0 Å². The summed E-state index contributed by atoms with van der Waals surface area (Å²) in [6.07, 6.45) is -1.52. The molecule has 10 heteroatoms. The highest BCUT2D eigenvalue weighted by Crippen LogP contribution is 2.35. The van der Waals surface area contributed by atoms with Crippen LogP contribution in [0.2, 0.25) is 0 Å². The van der Waals surface area contributed by atoms with Gasteiger partial charge in [0.1, 0.15) is 12.4 Å². The molecule has 1 aromatic carbocycles. The van der Waals surface area contributed by atoms with Crippen LogP contribution in [0.1, 0.15) is 31.7 Å². The Kier molecular flexibility index (Phi) is 13.9. The van der Waals surface area contributed by atoms with E-state index < -0.39 is 11.7 Å². The second kappa shape index (κ2) is 15.5. The molecule has 1 aliphatic heterocycles. The molecule has 0 unspecified atom stereocenters. The van der Waals surface area contributed by atoms with Crippen molar-refractivity contribution < 1.29 is 27.4 Å². The van der Waals surface area contributed by atoms with Gasteiger partial charge in [-0.2, -0.15) is 13.2 Å². The Balaban J connectivity index is 0.00000480. The Hall–Kier alpha value is -1.27. The van der Waals surface area contributed by atoms with Crippen molar-refractivity contribution in [1.29, 1.82) is 0 Å². The number of rotatable bonds is 11. The Morgan fingerprint density at radius 3 is 2.61 bits per heavy atom. The van der Waals surface area contributed by atoms with E-state index in [1.165, 1.54) is 18.2 Å². The number of nitrogens with one attached hydrogen (secondary N) is 2. The lowest BCUT2D eigenvalue weighted by molar-refractivity contribution is -0.138. The van der Waals surface area contributed by atoms with E-state index in [2.05, 4.69) is 15.6 Å². The summed E-state index contributed by atoms with van der Waals surface area (Å²) in [7, 11) is 0. The minimum Gasteiger partial charge on any atom is -0.491 e. The Labute approximate surface area is 199 Å². The van der Waals surface area contributed by atoms with E-state index in [9.17, 15) is 13.2 Å². The van der Waals surface area contributed by atoms with E-state index in [-0.39, 0.29) is 36.3 Å². The quantitative estimate of drug-likeness (QED) is 0.185. The van der Waals surface area contributed by atoms with Crippen LogP contribution in [-0.2, 0) is 15.7 Å². The second-order valence-corrected chi connectivity index (χ2v) is 7.01. The lowest BCUT2D eigenvalue weighted by Gasteiger charge is -2.21. The average Bonchev–Trinajstić information content (AvgIpc) is 2.74. The molecule has 1 saturated heterocycles. The molecule has 1 heterocycles. The number of hydrogen-bond donors (Lipinski definition) is 2. The maximum atomic E-state index is 13.0. The lowest BCUT2D eigenvalue weighted by atomic mass is 10.0. The minimum absolute atomic E-state index is 0. The number of alkyl halides is 3. The normalized spacial score (nSPS) is 15.3. The topological polar surface area (TPSA) is 64.1 Å². The van der Waals surface area contributed by atoms with Gasteiger partial charge in [-0.25, -0.2) is 0 Å². The molecule has 0 bridgehead atoms. The molecule has 1 aromatic rings. The van der Waals surface area contributed by atoms with Crippen molar-refractivity contribution in [2.45, 2.75) is 32.4 Å². The fourth-order valence-electron chi connectivity index (χ4n) is 3.02. The summed E-state index contributed by atoms with van der Waals surface area (Å²) in [5.41, 5.74) is -0.772. The fourth-order valence-corrected chi connectivity index (χ4v) is 3.02. The number of ether oxygens (including phenoxy) is 3. The summed E-state index contributed by atoms with van der Waals surface area (Å²) in [5.74, 6) is 1.02. The highest BCUT2D eigenvalue weighted by atomic mass is 127. The standard InChI is InChI=1S/C21H32F3N3O3.HI/c1-2-25-20(26-10-5-12-29-16-17-8-13-28-14-9-17)27-11-15-30-19-7-4-3-6-18(19)21(22,23)24;/h3-4,6-7,17H,2,5,8-16H2,1H3,(H2,25,26,27);1H. The van der Waals surface area contributed by atoms with E-state index in [4.69, 9.17) is 14.2 Å². The van der Waals surface area contributed by atoms with Gasteiger partial charge in [0.05, 0.1) is 12.1 Å². The third kappa shape index (κ3) is 11.2. The Bertz CT molecular complexity index is 642. The van der Waals surface area contributed by atoms with Crippen molar-refractivity contribution in [1.82, 2.24) is 10.6 Å². The van der Waals surface area contributed by atoms with Gasteiger partial charge in [0.15, 0.2) is 5.96 Å². The Morgan fingerprint density at radius 1 is 1.16 bits per heavy atom. The zero-order chi connectivity index (χ0) is 21.7. The van der Waals surface area contributed by atoms with E-state index in [1.54, 1.807) is 0 Å². The zero-order valence-corrected chi connectivity index (χ0v) is 20.2. The molecular weight excluding hydrogens is 526 g/mol. The Morgan fingerprint density at radius 2 is 1.90 bits per heavy atom. The molecule has 0 aliphatic carbocycles. The maximum Gasteiger partial charge on any atom is 0.419 e. The summed E-state index contributed by atoms with van der Waals surface area (Å²) in [4.78, 5) is 4.46. The van der Waals surface area contributed by atoms with E-state index in [0.717, 1.165) is 45.1 Å². The first-order chi connectivity index (χ1) is 14.5. The van der Waals surface area contributed by atoms with Crippen LogP contribution in [0.15, 0.2) is 29.3 Å². The summed E-state index contributed by atoms with van der Waals surface area (Å²) < 4.78 is 55.3. The van der Waals surface area contributed by atoms with Crippen LogP contribution in [0.25, 0.3) is 0 Å². The third-order valence-corrected chi connectivity index (χ3v) is 4.60. The van der Waals surface area contributed by atoms with Crippen LogP contribution in [0.5, 0.6) is 5.75 Å². The number of halogens is 4. The van der Waals surface area contributed by atoms with E-state index in [0.29, 0.717) is 38.1 Å². The first-order valence-corrected chi connectivity index (χ1v) is 10.5. The van der Waals surface area contributed by atoms with Gasteiger partial charge >= 0.3 is 6.18 Å². The van der Waals surface area contributed by atoms with Crippen LogP contribution in [-0.4, -0.2) is 58.6 Å². The van der Waals surface area contributed by atoms with Gasteiger partial charge in [0.2, 0.25) is 0 Å². The van der Waals surface area contributed by atoms with Gasteiger partial charge in [-0.1, -0.05) is 12.1 Å². The molecule has 1 fully saturated rings. The molecule has 2 rings (SSSR count). The van der Waals surface area contributed by atoms with Crippen LogP contribution >= 0.6 is 24.0 Å². The lowest BCUT2D eigenvalue weighted by Crippen LogP contribution is -2.39. The predicted octanol–water partition coefficient (Wildman–Crippen LogP) is 4.09. The minimum atomic E-state index is -4.44. The molecule has 178 valence electrons. The molecule has 0 amide bonds. The molecule has 0 radical (unpaired) electrons. The number of guanidine groups is 1. The van der Waals surface area contributed by atoms with E-state index >= 15 is 0 Å². The predicted molar refractivity (Wildman–Crippen MR) is 125 cm³/mol. The molecule has 0 aromatic heterocycles. The maximum absolute atomic E-state index is 13.0. The number of aliphatic imine (C=N–C) groups is 1. The summed E-state index contributed by atoms with van der Waals surface area (Å²) >= 11 is 0. The summed E-state index contributed by atoms with van der Waals surface area (Å²) in [6.45, 7) is 6.71. The van der Waals surface area contributed by atoms with Gasteiger partial charge < -0.3 is 24.8 Å². The zero-order valence-electron chi connectivity index (χ0n) is 17.9. The van der Waals surface area contributed by atoms with Crippen molar-refractivity contribution in [2.75, 3.05) is 52.7 Å². The highest BCUT2D eigenvalue weighted by Gasteiger charge is 2.33. The first kappa shape index (κ1) is 27.8.